The van der Waals surface area contributed by atoms with Crippen molar-refractivity contribution in [3.63, 3.8) is 0 Å². The maximum Gasteiger partial charge on any atom is 0.433 e. The molecule has 0 amide bonds. The number of benzene rings is 1. The number of alkyl halides is 3. The molecule has 35 heavy (non-hydrogen) atoms. The zero-order valence-corrected chi connectivity index (χ0v) is 21.1. The molecule has 1 aromatic heterocycles. The minimum Gasteiger partial charge on any atom is -0.381 e. The van der Waals surface area contributed by atoms with Crippen molar-refractivity contribution in [2.75, 3.05) is 36.5 Å². The van der Waals surface area contributed by atoms with Crippen LogP contribution < -0.4 is 15.5 Å². The number of halogens is 4. The fraction of sp³-hybridized carbons (Fsp3) is 0.542. The molecule has 2 fully saturated rings. The number of nitrogens with one attached hydrogen (secondary N) is 2. The normalized spacial score (nSPS) is 20.4. The highest BCUT2D eigenvalue weighted by atomic mass is 35.5. The molecule has 0 unspecified atom stereocenters. The van der Waals surface area contributed by atoms with Gasteiger partial charge < -0.3 is 20.3 Å². The Kier molecular flexibility index (Phi) is 8.02. The lowest BCUT2D eigenvalue weighted by atomic mass is 9.74. The van der Waals surface area contributed by atoms with Gasteiger partial charge in [0.1, 0.15) is 5.82 Å². The Morgan fingerprint density at radius 2 is 1.91 bits per heavy atom. The number of anilines is 2. The average molecular weight is 528 g/mol. The molecule has 2 saturated heterocycles. The van der Waals surface area contributed by atoms with Gasteiger partial charge in [0.2, 0.25) is 5.95 Å². The van der Waals surface area contributed by atoms with Crippen LogP contribution in [0.15, 0.2) is 30.3 Å². The van der Waals surface area contributed by atoms with Crippen molar-refractivity contribution in [2.24, 2.45) is 0 Å². The van der Waals surface area contributed by atoms with Crippen LogP contribution in [0.25, 0.3) is 0 Å². The Labute approximate surface area is 213 Å². The van der Waals surface area contributed by atoms with E-state index in [1.165, 1.54) is 0 Å². The molecule has 1 atom stereocenters. The van der Waals surface area contributed by atoms with Crippen LogP contribution >= 0.6 is 23.8 Å². The molecule has 2 N–H and O–H groups in total. The predicted molar refractivity (Wildman–Crippen MR) is 135 cm³/mol. The molecule has 6 nitrogen and oxygen atoms in total. The van der Waals surface area contributed by atoms with Crippen molar-refractivity contribution in [2.45, 2.75) is 56.7 Å². The molecule has 0 radical (unpaired) electrons. The van der Waals surface area contributed by atoms with Gasteiger partial charge in [-0.2, -0.15) is 18.2 Å². The van der Waals surface area contributed by atoms with Crippen molar-refractivity contribution in [1.82, 2.24) is 15.3 Å². The molecule has 0 spiro atoms. The van der Waals surface area contributed by atoms with Gasteiger partial charge in [0, 0.05) is 48.8 Å². The van der Waals surface area contributed by atoms with Crippen LogP contribution in [0.4, 0.5) is 24.9 Å². The topological polar surface area (TPSA) is 62.3 Å². The lowest BCUT2D eigenvalue weighted by Crippen LogP contribution is -2.45. The molecule has 190 valence electrons. The summed E-state index contributed by atoms with van der Waals surface area (Å²) < 4.78 is 46.4. The molecule has 4 rings (SSSR count). The third kappa shape index (κ3) is 6.34. The fourth-order valence-corrected chi connectivity index (χ4v) is 5.04. The van der Waals surface area contributed by atoms with E-state index in [4.69, 9.17) is 28.6 Å². The number of hydrogen-bond acceptors (Lipinski definition) is 5. The number of piperidine rings is 1. The molecule has 2 aliphatic heterocycles. The van der Waals surface area contributed by atoms with Crippen LogP contribution in [0.5, 0.6) is 0 Å². The van der Waals surface area contributed by atoms with Crippen LogP contribution in [0.2, 0.25) is 5.02 Å². The third-order valence-electron chi connectivity index (χ3n) is 6.82. The summed E-state index contributed by atoms with van der Waals surface area (Å²) in [6.07, 6.45) is -0.167. The number of nitrogens with zero attached hydrogens (tertiary/aromatic N) is 3. The lowest BCUT2D eigenvalue weighted by Gasteiger charge is -2.38. The van der Waals surface area contributed by atoms with Gasteiger partial charge in [-0.15, -0.1) is 0 Å². The average Bonchev–Trinajstić information content (AvgIpc) is 2.83. The van der Waals surface area contributed by atoms with Crippen molar-refractivity contribution < 1.29 is 17.9 Å². The van der Waals surface area contributed by atoms with E-state index in [0.29, 0.717) is 31.3 Å². The molecule has 2 aliphatic rings. The Bertz CT molecular complexity index is 1030. The van der Waals surface area contributed by atoms with Gasteiger partial charge in [-0.05, 0) is 68.9 Å². The third-order valence-corrected chi connectivity index (χ3v) is 7.32. The lowest BCUT2D eigenvalue weighted by molar-refractivity contribution is -0.141. The predicted octanol–water partition coefficient (Wildman–Crippen LogP) is 5.56. The first-order valence-electron chi connectivity index (χ1n) is 11.8. The van der Waals surface area contributed by atoms with Gasteiger partial charge in [-0.1, -0.05) is 23.7 Å². The second-order valence-corrected chi connectivity index (χ2v) is 10.0. The summed E-state index contributed by atoms with van der Waals surface area (Å²) in [5, 5.41) is 6.79. The Hall–Kier alpha value is -2.17. The van der Waals surface area contributed by atoms with Crippen LogP contribution in [0.1, 0.15) is 50.3 Å². The quantitative estimate of drug-likeness (QED) is 0.493. The summed E-state index contributed by atoms with van der Waals surface area (Å²) >= 11 is 11.5. The monoisotopic (exact) mass is 527 g/mol. The van der Waals surface area contributed by atoms with E-state index >= 15 is 0 Å². The maximum atomic E-state index is 13.6. The highest BCUT2D eigenvalue weighted by molar-refractivity contribution is 7.80. The van der Waals surface area contributed by atoms with Gasteiger partial charge in [0.25, 0.3) is 0 Å². The summed E-state index contributed by atoms with van der Waals surface area (Å²) in [4.78, 5) is 9.99. The highest BCUT2D eigenvalue weighted by Crippen LogP contribution is 2.35. The Morgan fingerprint density at radius 1 is 1.20 bits per heavy atom. The van der Waals surface area contributed by atoms with Crippen molar-refractivity contribution in [3.8, 4) is 0 Å². The van der Waals surface area contributed by atoms with E-state index in [1.54, 1.807) is 0 Å². The number of rotatable bonds is 5. The second-order valence-electron chi connectivity index (χ2n) is 9.18. The van der Waals surface area contributed by atoms with Crippen molar-refractivity contribution in [3.05, 3.63) is 46.6 Å². The maximum absolute atomic E-state index is 13.6. The summed E-state index contributed by atoms with van der Waals surface area (Å²) in [6.45, 7) is 4.36. The molecular weight excluding hydrogens is 499 g/mol. The molecule has 1 aromatic carbocycles. The van der Waals surface area contributed by atoms with E-state index in [0.717, 1.165) is 43.7 Å². The summed E-state index contributed by atoms with van der Waals surface area (Å²) in [5.74, 6) is 0.0875. The number of hydrogen-bond donors (Lipinski definition) is 2. The number of ether oxygens (including phenoxy) is 1. The molecule has 3 heterocycles. The second kappa shape index (κ2) is 10.8. The van der Waals surface area contributed by atoms with Gasteiger partial charge in [-0.3, -0.25) is 0 Å². The van der Waals surface area contributed by atoms with E-state index in [-0.39, 0.29) is 28.3 Å². The van der Waals surface area contributed by atoms with Crippen LogP contribution in [-0.2, 0) is 16.3 Å². The standard InChI is InChI=1S/C24H29ClF3N5OS/c1-16-4-2-3-11-33(16)20-14-19(24(26,27)28)30-21(31-20)32-22(35)29-15-23(9-12-34-13-10-23)17-5-7-18(25)8-6-17/h5-8,14,16H,2-4,9-13,15H2,1H3,(H2,29,30,31,32,35)/t16-/m1/s1. The van der Waals surface area contributed by atoms with Gasteiger partial charge in [-0.25, -0.2) is 4.98 Å². The van der Waals surface area contributed by atoms with Gasteiger partial charge >= 0.3 is 6.18 Å². The van der Waals surface area contributed by atoms with Crippen LogP contribution in [-0.4, -0.2) is 47.4 Å². The summed E-state index contributed by atoms with van der Waals surface area (Å²) in [7, 11) is 0. The fourth-order valence-electron chi connectivity index (χ4n) is 4.75. The molecular formula is C24H29ClF3N5OS. The first-order chi connectivity index (χ1) is 16.7. The van der Waals surface area contributed by atoms with E-state index in [1.807, 2.05) is 36.1 Å². The zero-order valence-electron chi connectivity index (χ0n) is 19.5. The van der Waals surface area contributed by atoms with E-state index < -0.39 is 11.9 Å². The Morgan fingerprint density at radius 3 is 2.57 bits per heavy atom. The molecule has 11 heteroatoms. The van der Waals surface area contributed by atoms with E-state index in [9.17, 15) is 13.2 Å². The smallest absolute Gasteiger partial charge is 0.381 e. The minimum atomic E-state index is -4.59. The van der Waals surface area contributed by atoms with Gasteiger partial charge in [0.15, 0.2) is 10.8 Å². The van der Waals surface area contributed by atoms with Crippen molar-refractivity contribution >= 4 is 40.7 Å². The molecule has 0 bridgehead atoms. The van der Waals surface area contributed by atoms with E-state index in [2.05, 4.69) is 20.6 Å². The highest BCUT2D eigenvalue weighted by Gasteiger charge is 2.36. The Balaban J connectivity index is 1.51. The van der Waals surface area contributed by atoms with Crippen LogP contribution in [0, 0.1) is 0 Å². The minimum absolute atomic E-state index is 0.102. The first-order valence-corrected chi connectivity index (χ1v) is 12.6. The number of aromatic nitrogens is 2. The largest absolute Gasteiger partial charge is 0.433 e. The first kappa shape index (κ1) is 25.9. The van der Waals surface area contributed by atoms with Crippen LogP contribution in [0.3, 0.4) is 0 Å². The van der Waals surface area contributed by atoms with Gasteiger partial charge in [0.05, 0.1) is 0 Å². The summed E-state index contributed by atoms with van der Waals surface area (Å²) in [5.41, 5.74) is -0.123. The summed E-state index contributed by atoms with van der Waals surface area (Å²) in [6, 6.07) is 8.81. The molecule has 0 aliphatic carbocycles. The van der Waals surface area contributed by atoms with Crippen molar-refractivity contribution in [1.29, 1.82) is 0 Å². The zero-order chi connectivity index (χ0) is 25.1. The number of thiocarbonyl (C=S) groups is 1. The SMILES string of the molecule is C[C@@H]1CCCCN1c1cc(C(F)(F)F)nc(NC(=S)NCC2(c3ccc(Cl)cc3)CCOCC2)n1. The molecule has 0 saturated carbocycles. The molecule has 2 aromatic rings.